The molecule has 2 heterocycles. The van der Waals surface area contributed by atoms with Crippen LogP contribution in [0, 0.1) is 5.41 Å². The fourth-order valence-electron chi connectivity index (χ4n) is 3.10. The molecule has 1 saturated heterocycles. The van der Waals surface area contributed by atoms with E-state index >= 15 is 0 Å². The van der Waals surface area contributed by atoms with Gasteiger partial charge in [-0.05, 0) is 25.1 Å². The molecule has 1 aromatic carbocycles. The summed E-state index contributed by atoms with van der Waals surface area (Å²) in [4.78, 5) is 29.1. The molecule has 1 fully saturated rings. The highest BCUT2D eigenvalue weighted by molar-refractivity contribution is 6.01. The normalized spacial score (nSPS) is 20.8. The number of ether oxygens (including phenoxy) is 2. The Morgan fingerprint density at radius 2 is 1.93 bits per heavy atom. The molecule has 0 aromatic heterocycles. The number of carbonyl (C=O) groups excluding carboxylic acids is 2. The molecule has 148 valence electrons. The van der Waals surface area contributed by atoms with Crippen LogP contribution in [0.5, 0.6) is 5.75 Å². The number of nitrogens with zero attached hydrogens (tertiary/aromatic N) is 2. The largest absolute Gasteiger partial charge is 0.479 e. The summed E-state index contributed by atoms with van der Waals surface area (Å²) in [5, 5.41) is 2.92. The molecule has 1 N–H and O–H groups in total. The summed E-state index contributed by atoms with van der Waals surface area (Å²) in [5.41, 5.74) is 0.876. The van der Waals surface area contributed by atoms with Gasteiger partial charge in [0.05, 0.1) is 18.9 Å². The van der Waals surface area contributed by atoms with Crippen LogP contribution in [0.4, 0.5) is 11.4 Å². The van der Waals surface area contributed by atoms with Crippen LogP contribution in [0.25, 0.3) is 0 Å². The third-order valence-electron chi connectivity index (χ3n) is 4.85. The second kappa shape index (κ2) is 7.86. The van der Waals surface area contributed by atoms with Gasteiger partial charge in [-0.25, -0.2) is 0 Å². The molecule has 2 amide bonds. The zero-order chi connectivity index (χ0) is 19.6. The molecular formula is C20H29N3O4. The van der Waals surface area contributed by atoms with E-state index in [-0.39, 0.29) is 11.8 Å². The third kappa shape index (κ3) is 4.59. The molecule has 7 nitrogen and oxygen atoms in total. The average molecular weight is 375 g/mol. The minimum atomic E-state index is -0.516. The number of hydrogen-bond donors (Lipinski definition) is 1. The van der Waals surface area contributed by atoms with Crippen LogP contribution in [0.2, 0.25) is 0 Å². The summed E-state index contributed by atoms with van der Waals surface area (Å²) >= 11 is 0. The maximum Gasteiger partial charge on any atom is 0.267 e. The molecule has 2 aliphatic rings. The first-order valence-electron chi connectivity index (χ1n) is 9.49. The van der Waals surface area contributed by atoms with Crippen molar-refractivity contribution in [1.29, 1.82) is 0 Å². The SMILES string of the molecule is CC1Oc2ccc(NC(=O)C(C)(C)C)cc2N(CCN2CCOCC2)C1=O. The van der Waals surface area contributed by atoms with E-state index in [0.29, 0.717) is 23.7 Å². The number of rotatable bonds is 4. The van der Waals surface area contributed by atoms with Gasteiger partial charge in [0.1, 0.15) is 5.75 Å². The molecule has 0 saturated carbocycles. The molecule has 1 atom stereocenters. The van der Waals surface area contributed by atoms with E-state index < -0.39 is 11.5 Å². The molecule has 0 bridgehead atoms. The van der Waals surface area contributed by atoms with E-state index in [9.17, 15) is 9.59 Å². The zero-order valence-corrected chi connectivity index (χ0v) is 16.6. The molecule has 1 aromatic rings. The summed E-state index contributed by atoms with van der Waals surface area (Å²) in [6.45, 7) is 11.9. The predicted octanol–water partition coefficient (Wildman–Crippen LogP) is 2.12. The van der Waals surface area contributed by atoms with Gasteiger partial charge in [-0.3, -0.25) is 14.5 Å². The van der Waals surface area contributed by atoms with Gasteiger partial charge in [-0.15, -0.1) is 0 Å². The summed E-state index contributed by atoms with van der Waals surface area (Å²) in [7, 11) is 0. The molecule has 27 heavy (non-hydrogen) atoms. The van der Waals surface area contributed by atoms with Crippen molar-refractivity contribution in [3.8, 4) is 5.75 Å². The Morgan fingerprint density at radius 1 is 1.22 bits per heavy atom. The second-order valence-corrected chi connectivity index (χ2v) is 8.09. The summed E-state index contributed by atoms with van der Waals surface area (Å²) in [6, 6.07) is 5.45. The number of nitrogens with one attached hydrogen (secondary N) is 1. The lowest BCUT2D eigenvalue weighted by Crippen LogP contribution is -2.48. The van der Waals surface area contributed by atoms with Crippen LogP contribution in [-0.2, 0) is 14.3 Å². The third-order valence-corrected chi connectivity index (χ3v) is 4.85. The van der Waals surface area contributed by atoms with Crippen LogP contribution in [0.15, 0.2) is 18.2 Å². The van der Waals surface area contributed by atoms with Crippen LogP contribution < -0.4 is 15.0 Å². The molecule has 0 spiro atoms. The molecule has 3 rings (SSSR count). The van der Waals surface area contributed by atoms with Crippen molar-refractivity contribution < 1.29 is 19.1 Å². The van der Waals surface area contributed by atoms with E-state index in [1.165, 1.54) is 0 Å². The highest BCUT2D eigenvalue weighted by atomic mass is 16.5. The first-order valence-corrected chi connectivity index (χ1v) is 9.49. The lowest BCUT2D eigenvalue weighted by atomic mass is 9.95. The van der Waals surface area contributed by atoms with Crippen molar-refractivity contribution in [2.24, 2.45) is 5.41 Å². The van der Waals surface area contributed by atoms with E-state index in [0.717, 1.165) is 32.8 Å². The maximum absolute atomic E-state index is 12.7. The first-order chi connectivity index (χ1) is 12.8. The summed E-state index contributed by atoms with van der Waals surface area (Å²) < 4.78 is 11.1. The van der Waals surface area contributed by atoms with Gasteiger partial charge in [-0.1, -0.05) is 20.8 Å². The first kappa shape index (κ1) is 19.6. The van der Waals surface area contributed by atoms with Crippen molar-refractivity contribution in [2.75, 3.05) is 49.6 Å². The number of carbonyl (C=O) groups is 2. The number of hydrogen-bond acceptors (Lipinski definition) is 5. The van der Waals surface area contributed by atoms with Gasteiger partial charge in [0.15, 0.2) is 6.10 Å². The minimum absolute atomic E-state index is 0.0601. The van der Waals surface area contributed by atoms with Crippen LogP contribution >= 0.6 is 0 Å². The fourth-order valence-corrected chi connectivity index (χ4v) is 3.10. The van der Waals surface area contributed by atoms with Gasteiger partial charge >= 0.3 is 0 Å². The van der Waals surface area contributed by atoms with Crippen molar-refractivity contribution in [1.82, 2.24) is 4.90 Å². The number of benzene rings is 1. The molecule has 7 heteroatoms. The molecule has 0 radical (unpaired) electrons. The smallest absolute Gasteiger partial charge is 0.267 e. The fraction of sp³-hybridized carbons (Fsp3) is 0.600. The van der Waals surface area contributed by atoms with Gasteiger partial charge in [0.2, 0.25) is 5.91 Å². The number of amides is 2. The second-order valence-electron chi connectivity index (χ2n) is 8.09. The standard InChI is InChI=1S/C20H29N3O4/c1-14-18(24)23(8-7-22-9-11-26-12-10-22)16-13-15(5-6-17(16)27-14)21-19(25)20(2,3)4/h5-6,13-14H,7-12H2,1-4H3,(H,21,25). The van der Waals surface area contributed by atoms with E-state index in [4.69, 9.17) is 9.47 Å². The Balaban J connectivity index is 1.79. The zero-order valence-electron chi connectivity index (χ0n) is 16.6. The maximum atomic E-state index is 12.7. The van der Waals surface area contributed by atoms with Crippen molar-refractivity contribution >= 4 is 23.2 Å². The van der Waals surface area contributed by atoms with E-state index in [1.54, 1.807) is 11.8 Å². The molecular weight excluding hydrogens is 346 g/mol. The van der Waals surface area contributed by atoms with E-state index in [1.807, 2.05) is 39.0 Å². The van der Waals surface area contributed by atoms with Gasteiger partial charge in [0.25, 0.3) is 5.91 Å². The number of morpholine rings is 1. The Morgan fingerprint density at radius 3 is 2.59 bits per heavy atom. The molecule has 0 aliphatic carbocycles. The molecule has 1 unspecified atom stereocenters. The topological polar surface area (TPSA) is 71.1 Å². The summed E-state index contributed by atoms with van der Waals surface area (Å²) in [6.07, 6.45) is -0.516. The lowest BCUT2D eigenvalue weighted by molar-refractivity contribution is -0.125. The predicted molar refractivity (Wildman–Crippen MR) is 104 cm³/mol. The number of fused-ring (bicyclic) bond motifs is 1. The van der Waals surface area contributed by atoms with Crippen LogP contribution in [-0.4, -0.2) is 62.2 Å². The Labute approximate surface area is 160 Å². The van der Waals surface area contributed by atoms with Crippen LogP contribution in [0.1, 0.15) is 27.7 Å². The minimum Gasteiger partial charge on any atom is -0.479 e. The van der Waals surface area contributed by atoms with Crippen molar-refractivity contribution in [3.05, 3.63) is 18.2 Å². The Hall–Kier alpha value is -2.12. The average Bonchev–Trinajstić information content (AvgIpc) is 2.62. The quantitative estimate of drug-likeness (QED) is 0.873. The lowest BCUT2D eigenvalue weighted by Gasteiger charge is -2.35. The van der Waals surface area contributed by atoms with Crippen LogP contribution in [0.3, 0.4) is 0 Å². The highest BCUT2D eigenvalue weighted by Crippen LogP contribution is 2.36. The van der Waals surface area contributed by atoms with Crippen molar-refractivity contribution in [2.45, 2.75) is 33.8 Å². The number of anilines is 2. The summed E-state index contributed by atoms with van der Waals surface area (Å²) in [5.74, 6) is 0.534. The Bertz CT molecular complexity index is 708. The monoisotopic (exact) mass is 375 g/mol. The highest BCUT2D eigenvalue weighted by Gasteiger charge is 2.32. The van der Waals surface area contributed by atoms with Gasteiger partial charge in [0, 0.05) is 37.3 Å². The van der Waals surface area contributed by atoms with E-state index in [2.05, 4.69) is 10.2 Å². The molecule has 2 aliphatic heterocycles. The van der Waals surface area contributed by atoms with Gasteiger partial charge in [-0.2, -0.15) is 0 Å². The van der Waals surface area contributed by atoms with Crippen molar-refractivity contribution in [3.63, 3.8) is 0 Å². The Kier molecular flexibility index (Phi) is 5.72. The van der Waals surface area contributed by atoms with Gasteiger partial charge < -0.3 is 19.7 Å².